The molecule has 0 spiro atoms. The Morgan fingerprint density at radius 3 is 2.62 bits per heavy atom. The Kier molecular flexibility index (Phi) is 6.13. The number of benzene rings is 1. The molecule has 0 fully saturated rings. The second-order valence-electron chi connectivity index (χ2n) is 4.49. The third kappa shape index (κ3) is 4.69. The molecule has 0 aliphatic heterocycles. The summed E-state index contributed by atoms with van der Waals surface area (Å²) in [6.45, 7) is 2.15. The number of rotatable bonds is 7. The summed E-state index contributed by atoms with van der Waals surface area (Å²) in [7, 11) is -0.850. The minimum atomic E-state index is -3.67. The van der Waals surface area contributed by atoms with E-state index in [1.165, 1.54) is 32.3 Å². The topological polar surface area (TPSA) is 95.9 Å². The molecule has 8 heteroatoms. The van der Waals surface area contributed by atoms with Gasteiger partial charge < -0.3 is 15.2 Å². The second kappa shape index (κ2) is 7.39. The number of hydrogen-bond acceptors (Lipinski definition) is 6. The Labute approximate surface area is 124 Å². The number of phenolic OH excluding ortho intramolecular Hbond substituents is 1. The lowest BCUT2D eigenvalue weighted by Crippen LogP contribution is -2.27. The Hall–Kier alpha value is -1.64. The van der Waals surface area contributed by atoms with Gasteiger partial charge in [0.2, 0.25) is 10.0 Å². The minimum absolute atomic E-state index is 0.00357. The lowest BCUT2D eigenvalue weighted by Gasteiger charge is -2.15. The zero-order valence-corrected chi connectivity index (χ0v) is 13.1. The van der Waals surface area contributed by atoms with Gasteiger partial charge in [-0.2, -0.15) is 0 Å². The molecule has 7 nitrogen and oxygen atoms in total. The summed E-state index contributed by atoms with van der Waals surface area (Å²) in [6.07, 6.45) is 0. The van der Waals surface area contributed by atoms with Crippen LogP contribution in [0.4, 0.5) is 0 Å². The summed E-state index contributed by atoms with van der Waals surface area (Å²) in [5.74, 6) is -0.544. The molecule has 0 unspecified atom stereocenters. The predicted molar refractivity (Wildman–Crippen MR) is 77.3 cm³/mol. The predicted octanol–water partition coefficient (Wildman–Crippen LogP) is 0.295. The van der Waals surface area contributed by atoms with Crippen LogP contribution in [0.3, 0.4) is 0 Å². The maximum absolute atomic E-state index is 12.2. The zero-order valence-electron chi connectivity index (χ0n) is 12.3. The van der Waals surface area contributed by atoms with Gasteiger partial charge in [-0.1, -0.05) is 6.07 Å². The third-order valence-electron chi connectivity index (χ3n) is 2.70. The summed E-state index contributed by atoms with van der Waals surface area (Å²) in [5, 5.41) is 12.3. The van der Waals surface area contributed by atoms with Crippen LogP contribution in [-0.2, 0) is 26.1 Å². The Bertz CT molecular complexity index is 599. The van der Waals surface area contributed by atoms with E-state index in [9.17, 15) is 18.3 Å². The van der Waals surface area contributed by atoms with Crippen molar-refractivity contribution in [2.45, 2.75) is 18.4 Å². The van der Waals surface area contributed by atoms with E-state index in [2.05, 4.69) is 5.32 Å². The summed E-state index contributed by atoms with van der Waals surface area (Å²) in [4.78, 5) is 11.2. The first-order chi connectivity index (χ1) is 9.78. The lowest BCUT2D eigenvalue weighted by molar-refractivity contribution is -0.142. The molecule has 118 valence electrons. The Morgan fingerprint density at radius 2 is 2.05 bits per heavy atom. The van der Waals surface area contributed by atoms with Crippen molar-refractivity contribution < 1.29 is 23.1 Å². The quantitative estimate of drug-likeness (QED) is 0.702. The molecule has 0 amide bonds. The molecule has 2 N–H and O–H groups in total. The smallest absolute Gasteiger partial charge is 0.319 e. The largest absolute Gasteiger partial charge is 0.508 e. The van der Waals surface area contributed by atoms with Crippen LogP contribution in [0.15, 0.2) is 23.1 Å². The number of hydrogen-bond donors (Lipinski definition) is 2. The monoisotopic (exact) mass is 316 g/mol. The van der Waals surface area contributed by atoms with Crippen molar-refractivity contribution >= 4 is 16.0 Å². The van der Waals surface area contributed by atoms with Gasteiger partial charge in [0, 0.05) is 26.7 Å². The van der Waals surface area contributed by atoms with Crippen LogP contribution >= 0.6 is 0 Å². The number of aromatic hydroxyl groups is 1. The number of carbonyl (C=O) groups is 1. The molecule has 0 aromatic heterocycles. The van der Waals surface area contributed by atoms with Crippen molar-refractivity contribution in [3.05, 3.63) is 23.8 Å². The van der Waals surface area contributed by atoms with E-state index in [0.29, 0.717) is 12.2 Å². The molecule has 21 heavy (non-hydrogen) atoms. The van der Waals surface area contributed by atoms with Crippen LogP contribution in [0.2, 0.25) is 0 Å². The van der Waals surface area contributed by atoms with Gasteiger partial charge in [0.15, 0.2) is 0 Å². The van der Waals surface area contributed by atoms with E-state index in [-0.39, 0.29) is 23.7 Å². The molecule has 0 saturated heterocycles. The molecule has 0 aliphatic carbocycles. The van der Waals surface area contributed by atoms with Gasteiger partial charge in [-0.05, 0) is 18.6 Å². The van der Waals surface area contributed by atoms with Crippen molar-refractivity contribution in [3.63, 3.8) is 0 Å². The average Bonchev–Trinajstić information content (AvgIpc) is 2.40. The molecule has 1 rings (SSSR count). The van der Waals surface area contributed by atoms with E-state index in [1.54, 1.807) is 6.92 Å². The minimum Gasteiger partial charge on any atom is -0.508 e. The summed E-state index contributed by atoms with van der Waals surface area (Å²) in [6, 6.07) is 4.09. The van der Waals surface area contributed by atoms with Gasteiger partial charge in [0.25, 0.3) is 0 Å². The van der Waals surface area contributed by atoms with Gasteiger partial charge in [0.05, 0.1) is 18.0 Å². The van der Waals surface area contributed by atoms with Crippen molar-refractivity contribution in [2.24, 2.45) is 0 Å². The van der Waals surface area contributed by atoms with Crippen LogP contribution in [0.25, 0.3) is 0 Å². The van der Waals surface area contributed by atoms with Crippen molar-refractivity contribution in [2.75, 3.05) is 27.2 Å². The number of sulfonamides is 1. The molecule has 1 aromatic rings. The normalized spacial score (nSPS) is 11.6. The summed E-state index contributed by atoms with van der Waals surface area (Å²) < 4.78 is 30.2. The maximum atomic E-state index is 12.2. The number of carbonyl (C=O) groups excluding carboxylic acids is 1. The number of esters is 1. The molecule has 0 atom stereocenters. The lowest BCUT2D eigenvalue weighted by atomic mass is 10.2. The Morgan fingerprint density at radius 1 is 1.38 bits per heavy atom. The molecule has 0 heterocycles. The van der Waals surface area contributed by atoms with Gasteiger partial charge in [-0.25, -0.2) is 12.7 Å². The van der Waals surface area contributed by atoms with Gasteiger partial charge in [-0.3, -0.25) is 4.79 Å². The number of ether oxygens (including phenoxy) is 1. The highest BCUT2D eigenvalue weighted by molar-refractivity contribution is 7.89. The number of nitrogens with zero attached hydrogens (tertiary/aromatic N) is 1. The van der Waals surface area contributed by atoms with Crippen LogP contribution in [0.5, 0.6) is 5.75 Å². The van der Waals surface area contributed by atoms with Crippen LogP contribution in [-0.4, -0.2) is 51.0 Å². The van der Waals surface area contributed by atoms with E-state index in [0.717, 1.165) is 4.31 Å². The standard InChI is InChI=1S/C13H20N2O5S/c1-4-20-13(17)9-14-8-10-5-6-11(16)7-12(10)21(18,19)15(2)3/h5-7,14,16H,4,8-9H2,1-3H3. The number of nitrogens with one attached hydrogen (secondary N) is 1. The molecule has 0 aliphatic rings. The molecule has 0 saturated carbocycles. The van der Waals surface area contributed by atoms with Crippen molar-refractivity contribution in [1.29, 1.82) is 0 Å². The SMILES string of the molecule is CCOC(=O)CNCc1ccc(O)cc1S(=O)(=O)N(C)C. The molecule has 0 bridgehead atoms. The first-order valence-corrected chi connectivity index (χ1v) is 7.83. The van der Waals surface area contributed by atoms with Crippen LogP contribution in [0.1, 0.15) is 12.5 Å². The van der Waals surface area contributed by atoms with Gasteiger partial charge in [0.1, 0.15) is 5.75 Å². The van der Waals surface area contributed by atoms with Crippen LogP contribution in [0, 0.1) is 0 Å². The summed E-state index contributed by atoms with van der Waals surface area (Å²) >= 11 is 0. The highest BCUT2D eigenvalue weighted by atomic mass is 32.2. The van der Waals surface area contributed by atoms with E-state index in [4.69, 9.17) is 4.74 Å². The first kappa shape index (κ1) is 17.4. The van der Waals surface area contributed by atoms with Gasteiger partial charge >= 0.3 is 5.97 Å². The Balaban J connectivity index is 2.91. The van der Waals surface area contributed by atoms with Crippen molar-refractivity contribution in [3.8, 4) is 5.75 Å². The highest BCUT2D eigenvalue weighted by Gasteiger charge is 2.21. The molecule has 1 aromatic carbocycles. The molecule has 0 radical (unpaired) electrons. The first-order valence-electron chi connectivity index (χ1n) is 6.39. The van der Waals surface area contributed by atoms with E-state index >= 15 is 0 Å². The van der Waals surface area contributed by atoms with E-state index < -0.39 is 16.0 Å². The third-order valence-corrected chi connectivity index (χ3v) is 4.60. The average molecular weight is 316 g/mol. The van der Waals surface area contributed by atoms with Gasteiger partial charge in [-0.15, -0.1) is 0 Å². The summed E-state index contributed by atoms with van der Waals surface area (Å²) in [5.41, 5.74) is 0.464. The van der Waals surface area contributed by atoms with Crippen molar-refractivity contribution in [1.82, 2.24) is 9.62 Å². The second-order valence-corrected chi connectivity index (χ2v) is 6.61. The highest BCUT2D eigenvalue weighted by Crippen LogP contribution is 2.23. The maximum Gasteiger partial charge on any atom is 0.319 e. The fourth-order valence-electron chi connectivity index (χ4n) is 1.64. The molecular weight excluding hydrogens is 296 g/mol. The molecular formula is C13H20N2O5S. The fourth-order valence-corrected chi connectivity index (χ4v) is 2.77. The fraction of sp³-hybridized carbons (Fsp3) is 0.462. The van der Waals surface area contributed by atoms with E-state index in [1.807, 2.05) is 0 Å². The zero-order chi connectivity index (χ0) is 16.0. The van der Waals surface area contributed by atoms with Crippen LogP contribution < -0.4 is 5.32 Å². The number of phenols is 1.